The Hall–Kier alpha value is -4.19. The van der Waals surface area contributed by atoms with Gasteiger partial charge in [-0.1, -0.05) is 245 Å². The van der Waals surface area contributed by atoms with Gasteiger partial charge in [0.25, 0.3) is 0 Å². The first-order valence-corrected chi connectivity index (χ1v) is 28.0. The molecule has 0 aromatic rings. The third-order valence-corrected chi connectivity index (χ3v) is 11.5. The average molecular weight is 956 g/mol. The number of rotatable bonds is 49. The second-order valence-electron chi connectivity index (χ2n) is 18.1. The molecule has 0 radical (unpaired) electrons. The highest BCUT2D eigenvalue weighted by atomic mass is 16.6. The number of unbranched alkanes of at least 4 members (excludes halogenated alkanes) is 18. The maximum absolute atomic E-state index is 12.8. The molecule has 0 saturated heterocycles. The number of allylic oxidation sites excluding steroid dienone is 20. The molecule has 0 saturated carbocycles. The minimum Gasteiger partial charge on any atom is -0.462 e. The van der Waals surface area contributed by atoms with Crippen molar-refractivity contribution in [3.05, 3.63) is 122 Å². The number of esters is 3. The van der Waals surface area contributed by atoms with Gasteiger partial charge in [-0.2, -0.15) is 0 Å². The number of carbonyl (C=O) groups excluding carboxylic acids is 3. The van der Waals surface area contributed by atoms with E-state index in [0.29, 0.717) is 19.3 Å². The Labute approximate surface area is 424 Å². The Morgan fingerprint density at radius 2 is 0.594 bits per heavy atom. The van der Waals surface area contributed by atoms with Gasteiger partial charge in [0.15, 0.2) is 6.10 Å². The van der Waals surface area contributed by atoms with Crippen LogP contribution in [0.3, 0.4) is 0 Å². The maximum atomic E-state index is 12.8. The van der Waals surface area contributed by atoms with E-state index >= 15 is 0 Å². The summed E-state index contributed by atoms with van der Waals surface area (Å²) >= 11 is 0. The molecule has 6 nitrogen and oxygen atoms in total. The van der Waals surface area contributed by atoms with Gasteiger partial charge in [-0.25, -0.2) is 0 Å². The number of hydrogen-bond acceptors (Lipinski definition) is 6. The van der Waals surface area contributed by atoms with Crippen LogP contribution in [0, 0.1) is 0 Å². The van der Waals surface area contributed by atoms with Gasteiger partial charge in [0.05, 0.1) is 0 Å². The molecule has 6 heteroatoms. The van der Waals surface area contributed by atoms with Gasteiger partial charge in [-0.3, -0.25) is 14.4 Å². The molecule has 1 atom stereocenters. The Morgan fingerprint density at radius 3 is 0.942 bits per heavy atom. The Kier molecular flexibility index (Phi) is 53.0. The van der Waals surface area contributed by atoms with E-state index in [9.17, 15) is 14.4 Å². The molecule has 390 valence electrons. The van der Waals surface area contributed by atoms with Gasteiger partial charge in [0.2, 0.25) is 0 Å². The lowest BCUT2D eigenvalue weighted by molar-refractivity contribution is -0.166. The van der Waals surface area contributed by atoms with Crippen molar-refractivity contribution in [2.45, 2.75) is 245 Å². The number of hydrogen-bond donors (Lipinski definition) is 0. The maximum Gasteiger partial charge on any atom is 0.306 e. The topological polar surface area (TPSA) is 78.9 Å². The van der Waals surface area contributed by atoms with Crippen LogP contribution in [0.1, 0.15) is 239 Å². The van der Waals surface area contributed by atoms with E-state index in [4.69, 9.17) is 14.2 Å². The highest BCUT2D eigenvalue weighted by Crippen LogP contribution is 2.15. The van der Waals surface area contributed by atoms with Crippen molar-refractivity contribution in [3.63, 3.8) is 0 Å². The van der Waals surface area contributed by atoms with Crippen molar-refractivity contribution >= 4 is 17.9 Å². The van der Waals surface area contributed by atoms with Gasteiger partial charge in [-0.05, 0) is 96.3 Å². The molecular formula is C63H102O6. The van der Waals surface area contributed by atoms with E-state index in [1.54, 1.807) is 0 Å². The minimum absolute atomic E-state index is 0.122. The molecule has 0 fully saturated rings. The number of carbonyl (C=O) groups is 3. The first-order valence-electron chi connectivity index (χ1n) is 28.0. The molecule has 0 aliphatic carbocycles. The van der Waals surface area contributed by atoms with Gasteiger partial charge < -0.3 is 14.2 Å². The first-order chi connectivity index (χ1) is 34.0. The highest BCUT2D eigenvalue weighted by molar-refractivity contribution is 5.71. The van der Waals surface area contributed by atoms with Gasteiger partial charge >= 0.3 is 17.9 Å². The average Bonchev–Trinajstić information content (AvgIpc) is 3.35. The summed E-state index contributed by atoms with van der Waals surface area (Å²) in [6, 6.07) is 0. The summed E-state index contributed by atoms with van der Waals surface area (Å²) < 4.78 is 16.7. The van der Waals surface area contributed by atoms with Gasteiger partial charge in [0, 0.05) is 19.3 Å². The normalized spacial score (nSPS) is 13.0. The van der Waals surface area contributed by atoms with Crippen molar-refractivity contribution in [2.75, 3.05) is 13.2 Å². The zero-order valence-corrected chi connectivity index (χ0v) is 44.5. The van der Waals surface area contributed by atoms with E-state index in [1.807, 2.05) is 12.2 Å². The van der Waals surface area contributed by atoms with Crippen molar-refractivity contribution in [1.82, 2.24) is 0 Å². The molecule has 0 amide bonds. The number of ether oxygens (including phenoxy) is 3. The van der Waals surface area contributed by atoms with Crippen molar-refractivity contribution in [3.8, 4) is 0 Å². The molecule has 0 heterocycles. The third-order valence-electron chi connectivity index (χ3n) is 11.5. The van der Waals surface area contributed by atoms with Crippen molar-refractivity contribution < 1.29 is 28.6 Å². The second-order valence-corrected chi connectivity index (χ2v) is 18.1. The van der Waals surface area contributed by atoms with E-state index in [1.165, 1.54) is 89.9 Å². The molecule has 0 rings (SSSR count). The SMILES string of the molecule is CC/C=C\C/C=C\C/C=C\C/C=C\C/C=C\C/C=C\CCC(=O)O[C@H](COC(=O)CCCC/C=C\C/C=C\C/C=C\C/C=C\CC)COC(=O)CCCCCCCCCCCCCCCCCCC. The molecule has 0 aromatic heterocycles. The molecule has 0 aromatic carbocycles. The fourth-order valence-electron chi connectivity index (χ4n) is 7.34. The zero-order valence-electron chi connectivity index (χ0n) is 44.5. The zero-order chi connectivity index (χ0) is 50.0. The first kappa shape index (κ1) is 64.8. The van der Waals surface area contributed by atoms with E-state index in [2.05, 4.69) is 130 Å². The summed E-state index contributed by atoms with van der Waals surface area (Å²) in [6.45, 7) is 6.31. The Morgan fingerprint density at radius 1 is 0.304 bits per heavy atom. The van der Waals surface area contributed by atoms with E-state index in [-0.39, 0.29) is 38.0 Å². The van der Waals surface area contributed by atoms with Crippen LogP contribution in [0.4, 0.5) is 0 Å². The van der Waals surface area contributed by atoms with Crippen LogP contribution in [0.5, 0.6) is 0 Å². The second kappa shape index (κ2) is 56.4. The monoisotopic (exact) mass is 955 g/mol. The fraction of sp³-hybridized carbons (Fsp3) is 0.635. The molecule has 69 heavy (non-hydrogen) atoms. The van der Waals surface area contributed by atoms with Crippen LogP contribution in [0.15, 0.2) is 122 Å². The van der Waals surface area contributed by atoms with E-state index in [0.717, 1.165) is 96.3 Å². The smallest absolute Gasteiger partial charge is 0.306 e. The summed E-state index contributed by atoms with van der Waals surface area (Å²) in [7, 11) is 0. The lowest BCUT2D eigenvalue weighted by atomic mass is 10.0. The van der Waals surface area contributed by atoms with Crippen LogP contribution in [-0.2, 0) is 28.6 Å². The Balaban J connectivity index is 4.56. The van der Waals surface area contributed by atoms with Crippen LogP contribution < -0.4 is 0 Å². The summed E-state index contributed by atoms with van der Waals surface area (Å²) in [5.41, 5.74) is 0. The quantitative estimate of drug-likeness (QED) is 0.0262. The van der Waals surface area contributed by atoms with Crippen molar-refractivity contribution in [2.24, 2.45) is 0 Å². The van der Waals surface area contributed by atoms with Gasteiger partial charge in [0.1, 0.15) is 13.2 Å². The molecule has 0 unspecified atom stereocenters. The van der Waals surface area contributed by atoms with Crippen LogP contribution >= 0.6 is 0 Å². The predicted molar refractivity (Wildman–Crippen MR) is 297 cm³/mol. The molecular weight excluding hydrogens is 853 g/mol. The van der Waals surface area contributed by atoms with Crippen LogP contribution in [0.25, 0.3) is 0 Å². The third kappa shape index (κ3) is 54.6. The highest BCUT2D eigenvalue weighted by Gasteiger charge is 2.19. The molecule has 0 aliphatic heterocycles. The summed E-state index contributed by atoms with van der Waals surface area (Å²) in [4.78, 5) is 38.1. The standard InChI is InChI=1S/C63H102O6/c1-4-7-10-13-16-19-22-25-28-30-31-33-36-39-42-45-48-51-54-57-63(66)69-60(58-67-61(64)55-52-49-46-43-40-37-34-27-24-21-18-15-12-9-6-3)59-68-62(65)56-53-50-47-44-41-38-35-32-29-26-23-20-17-14-11-8-5-2/h7,9-10,12,16,18-19,21,25,27-28,31,33-34,39-40,42-43,48,51,60H,4-6,8,11,13-15,17,20,22-24,26,29-30,32,35-38,41,44-47,49-50,52-59H2,1-3H3/b10-7-,12-9-,19-16-,21-18-,28-25-,33-31-,34-27-,42-39-,43-40-,51-48-/t60-/m1/s1. The largest absolute Gasteiger partial charge is 0.462 e. The lowest BCUT2D eigenvalue weighted by Crippen LogP contribution is -2.30. The lowest BCUT2D eigenvalue weighted by Gasteiger charge is -2.18. The minimum atomic E-state index is -0.837. The Bertz CT molecular complexity index is 1470. The molecule has 0 spiro atoms. The van der Waals surface area contributed by atoms with Crippen molar-refractivity contribution in [1.29, 1.82) is 0 Å². The van der Waals surface area contributed by atoms with Crippen LogP contribution in [-0.4, -0.2) is 37.2 Å². The fourth-order valence-corrected chi connectivity index (χ4v) is 7.34. The summed E-state index contributed by atoms with van der Waals surface area (Å²) in [5.74, 6) is -1.05. The van der Waals surface area contributed by atoms with E-state index < -0.39 is 12.1 Å². The molecule has 0 aliphatic rings. The molecule has 0 bridgehead atoms. The summed E-state index contributed by atoms with van der Waals surface area (Å²) in [5, 5.41) is 0. The van der Waals surface area contributed by atoms with Crippen LogP contribution in [0.2, 0.25) is 0 Å². The van der Waals surface area contributed by atoms with Gasteiger partial charge in [-0.15, -0.1) is 0 Å². The molecule has 0 N–H and O–H groups in total. The predicted octanol–water partition coefficient (Wildman–Crippen LogP) is 18.9. The summed E-state index contributed by atoms with van der Waals surface area (Å²) in [6.07, 6.45) is 77.7.